The highest BCUT2D eigenvalue weighted by molar-refractivity contribution is 5.87. The molecule has 2 nitrogen and oxygen atoms in total. The highest BCUT2D eigenvalue weighted by Crippen LogP contribution is 2.66. The zero-order valence-corrected chi connectivity index (χ0v) is 14.5. The van der Waals surface area contributed by atoms with Crippen molar-refractivity contribution >= 4 is 11.6 Å². The average molecular weight is 314 g/mol. The molecule has 4 rings (SSSR count). The Morgan fingerprint density at radius 1 is 1.09 bits per heavy atom. The van der Waals surface area contributed by atoms with Gasteiger partial charge in [0.15, 0.2) is 0 Å². The van der Waals surface area contributed by atoms with Gasteiger partial charge in [0.1, 0.15) is 11.6 Å². The van der Waals surface area contributed by atoms with Crippen molar-refractivity contribution in [1.29, 1.82) is 0 Å². The number of allylic oxidation sites excluding steroid dienone is 1. The van der Waals surface area contributed by atoms with E-state index >= 15 is 0 Å². The van der Waals surface area contributed by atoms with Crippen LogP contribution in [0.15, 0.2) is 12.7 Å². The van der Waals surface area contributed by atoms with Crippen LogP contribution >= 0.6 is 0 Å². The molecule has 23 heavy (non-hydrogen) atoms. The van der Waals surface area contributed by atoms with Crippen molar-refractivity contribution in [3.63, 3.8) is 0 Å². The highest BCUT2D eigenvalue weighted by Gasteiger charge is 2.61. The summed E-state index contributed by atoms with van der Waals surface area (Å²) in [6.07, 6.45) is 12.2. The molecule has 4 aliphatic rings. The predicted octanol–water partition coefficient (Wildman–Crippen LogP) is 4.72. The summed E-state index contributed by atoms with van der Waals surface area (Å²) in [5, 5.41) is 0. The van der Waals surface area contributed by atoms with Crippen molar-refractivity contribution in [3.8, 4) is 0 Å². The summed E-state index contributed by atoms with van der Waals surface area (Å²) in [7, 11) is 0. The number of carbonyl (C=O) groups is 2. The number of Topliss-reactive ketones (excluding diaryl/α,β-unsaturated/α-hetero) is 2. The third-order valence-corrected chi connectivity index (χ3v) is 8.44. The Hall–Kier alpha value is -0.920. The number of ketones is 2. The zero-order valence-electron chi connectivity index (χ0n) is 14.5. The lowest BCUT2D eigenvalue weighted by molar-refractivity contribution is -0.145. The van der Waals surface area contributed by atoms with Crippen LogP contribution in [0.5, 0.6) is 0 Å². The molecule has 0 spiro atoms. The second-order valence-corrected chi connectivity index (χ2v) is 9.05. The molecular formula is C21H30O2. The molecule has 6 atom stereocenters. The van der Waals surface area contributed by atoms with E-state index in [-0.39, 0.29) is 5.41 Å². The molecule has 0 amide bonds. The van der Waals surface area contributed by atoms with E-state index < -0.39 is 0 Å². The first-order valence-corrected chi connectivity index (χ1v) is 9.67. The van der Waals surface area contributed by atoms with E-state index in [0.29, 0.717) is 34.7 Å². The quantitative estimate of drug-likeness (QED) is 0.691. The van der Waals surface area contributed by atoms with Crippen molar-refractivity contribution in [1.82, 2.24) is 0 Å². The van der Waals surface area contributed by atoms with Crippen LogP contribution in [0.3, 0.4) is 0 Å². The van der Waals surface area contributed by atoms with Gasteiger partial charge in [-0.05, 0) is 74.0 Å². The van der Waals surface area contributed by atoms with E-state index in [4.69, 9.17) is 0 Å². The van der Waals surface area contributed by atoms with Gasteiger partial charge in [-0.2, -0.15) is 0 Å². The molecule has 0 aliphatic heterocycles. The molecule has 0 aromatic heterocycles. The summed E-state index contributed by atoms with van der Waals surface area (Å²) in [5.74, 6) is 3.65. The number of hydrogen-bond donors (Lipinski definition) is 0. The Kier molecular flexibility index (Phi) is 3.59. The van der Waals surface area contributed by atoms with E-state index in [2.05, 4.69) is 13.5 Å². The summed E-state index contributed by atoms with van der Waals surface area (Å²) in [6.45, 7) is 6.42. The van der Waals surface area contributed by atoms with Crippen LogP contribution in [-0.4, -0.2) is 11.6 Å². The fourth-order valence-electron chi connectivity index (χ4n) is 7.26. The first-order valence-electron chi connectivity index (χ1n) is 9.67. The molecular weight excluding hydrogens is 284 g/mol. The number of carbonyl (C=O) groups excluding carboxylic acids is 2. The molecule has 0 aromatic rings. The zero-order chi connectivity index (χ0) is 16.2. The van der Waals surface area contributed by atoms with Crippen LogP contribution in [0.2, 0.25) is 0 Å². The minimum Gasteiger partial charge on any atom is -0.300 e. The molecule has 126 valence electrons. The monoisotopic (exact) mass is 314 g/mol. The van der Waals surface area contributed by atoms with E-state index in [1.807, 2.05) is 6.08 Å². The molecule has 1 unspecified atom stereocenters. The average Bonchev–Trinajstić information content (AvgIpc) is 2.86. The van der Waals surface area contributed by atoms with Crippen molar-refractivity contribution in [2.75, 3.05) is 0 Å². The van der Waals surface area contributed by atoms with Gasteiger partial charge in [0, 0.05) is 24.7 Å². The normalized spacial score (nSPS) is 49.3. The summed E-state index contributed by atoms with van der Waals surface area (Å²) in [5.41, 5.74) is 0.277. The second-order valence-electron chi connectivity index (χ2n) is 9.05. The maximum atomic E-state index is 12.7. The fourth-order valence-corrected chi connectivity index (χ4v) is 7.26. The fraction of sp³-hybridized carbons (Fsp3) is 0.810. The molecule has 4 saturated carbocycles. The molecule has 0 radical (unpaired) electrons. The molecule has 0 saturated heterocycles. The molecule has 0 N–H and O–H groups in total. The highest BCUT2D eigenvalue weighted by atomic mass is 16.1. The van der Waals surface area contributed by atoms with Crippen LogP contribution < -0.4 is 0 Å². The van der Waals surface area contributed by atoms with E-state index in [1.165, 1.54) is 19.3 Å². The Balaban J connectivity index is 1.65. The van der Waals surface area contributed by atoms with E-state index in [1.54, 1.807) is 0 Å². The summed E-state index contributed by atoms with van der Waals surface area (Å²) >= 11 is 0. The Labute approximate surface area is 140 Å². The molecule has 0 bridgehead atoms. The number of rotatable bonds is 2. The van der Waals surface area contributed by atoms with Gasteiger partial charge < -0.3 is 0 Å². The minimum atomic E-state index is -0.0728. The SMILES string of the molecule is C=CC[C@]12CC[C@H]3[C@@H](CCC4CC(=O)CC[C@@]43C)[C@@H]1CCC2=O. The Morgan fingerprint density at radius 2 is 1.91 bits per heavy atom. The third kappa shape index (κ3) is 2.06. The maximum Gasteiger partial charge on any atom is 0.139 e. The van der Waals surface area contributed by atoms with Crippen LogP contribution in [0, 0.1) is 34.5 Å². The van der Waals surface area contributed by atoms with E-state index in [0.717, 1.165) is 50.9 Å². The van der Waals surface area contributed by atoms with Gasteiger partial charge in [-0.15, -0.1) is 6.58 Å². The van der Waals surface area contributed by atoms with Crippen molar-refractivity contribution in [2.24, 2.45) is 34.5 Å². The summed E-state index contributed by atoms with van der Waals surface area (Å²) < 4.78 is 0. The molecule has 4 aliphatic carbocycles. The topological polar surface area (TPSA) is 34.1 Å². The maximum absolute atomic E-state index is 12.7. The first-order chi connectivity index (χ1) is 11.0. The van der Waals surface area contributed by atoms with Gasteiger partial charge in [-0.3, -0.25) is 9.59 Å². The van der Waals surface area contributed by atoms with Gasteiger partial charge in [-0.1, -0.05) is 13.0 Å². The van der Waals surface area contributed by atoms with Crippen LogP contribution in [0.4, 0.5) is 0 Å². The van der Waals surface area contributed by atoms with Crippen molar-refractivity contribution in [3.05, 3.63) is 12.7 Å². The minimum absolute atomic E-state index is 0.0728. The van der Waals surface area contributed by atoms with Crippen molar-refractivity contribution in [2.45, 2.75) is 71.1 Å². The second kappa shape index (κ2) is 5.29. The van der Waals surface area contributed by atoms with Gasteiger partial charge in [0.2, 0.25) is 0 Å². The smallest absolute Gasteiger partial charge is 0.139 e. The van der Waals surface area contributed by atoms with Gasteiger partial charge in [0.25, 0.3) is 0 Å². The summed E-state index contributed by atoms with van der Waals surface area (Å²) in [6, 6.07) is 0. The number of fused-ring (bicyclic) bond motifs is 5. The summed E-state index contributed by atoms with van der Waals surface area (Å²) in [4.78, 5) is 24.6. The van der Waals surface area contributed by atoms with Crippen LogP contribution in [0.1, 0.15) is 71.1 Å². The molecule has 4 fully saturated rings. The molecule has 0 aromatic carbocycles. The Morgan fingerprint density at radius 3 is 2.70 bits per heavy atom. The lowest BCUT2D eigenvalue weighted by Gasteiger charge is -2.59. The number of hydrogen-bond acceptors (Lipinski definition) is 2. The standard InChI is InChI=1S/C21H30O2/c1-3-10-21-12-9-17-16(18(21)6-7-19(21)23)5-4-14-13-15(22)8-11-20(14,17)2/h3,14,16-18H,1,4-13H2,2H3/t14?,16-,17+,18+,20+,21+/m1/s1. The van der Waals surface area contributed by atoms with Crippen LogP contribution in [0.25, 0.3) is 0 Å². The van der Waals surface area contributed by atoms with Gasteiger partial charge in [-0.25, -0.2) is 0 Å². The molecule has 0 heterocycles. The predicted molar refractivity (Wildman–Crippen MR) is 90.9 cm³/mol. The lowest BCUT2D eigenvalue weighted by atomic mass is 9.45. The first kappa shape index (κ1) is 15.6. The lowest BCUT2D eigenvalue weighted by Crippen LogP contribution is -2.54. The molecule has 2 heteroatoms. The third-order valence-electron chi connectivity index (χ3n) is 8.44. The van der Waals surface area contributed by atoms with Crippen LogP contribution in [-0.2, 0) is 9.59 Å². The van der Waals surface area contributed by atoms with Gasteiger partial charge in [0.05, 0.1) is 0 Å². The van der Waals surface area contributed by atoms with Gasteiger partial charge >= 0.3 is 0 Å². The largest absolute Gasteiger partial charge is 0.300 e. The Bertz CT molecular complexity index is 550. The van der Waals surface area contributed by atoms with E-state index in [9.17, 15) is 9.59 Å². The van der Waals surface area contributed by atoms with Crippen molar-refractivity contribution < 1.29 is 9.59 Å².